The summed E-state index contributed by atoms with van der Waals surface area (Å²) in [5.41, 5.74) is -0.489. The van der Waals surface area contributed by atoms with Crippen LogP contribution < -0.4 is 0 Å². The van der Waals surface area contributed by atoms with Crippen LogP contribution in [0.1, 0.15) is 94.1 Å². The number of ether oxygens (including phenoxy) is 2. The van der Waals surface area contributed by atoms with E-state index < -0.39 is 53.3 Å². The third-order valence-electron chi connectivity index (χ3n) is 8.61. The molecule has 1 N–H and O–H groups in total. The minimum absolute atomic E-state index is 0.0174. The number of unbranched alkanes of at least 4 members (excludes halogenated alkanes) is 1. The number of carboxylic acids is 1. The molecule has 2 amide bonds. The number of aliphatic carboxylic acids is 1. The number of carboxylic acid groups (broad SMARTS) is 1. The molecule has 1 saturated heterocycles. The van der Waals surface area contributed by atoms with Crippen LogP contribution in [0.25, 0.3) is 11.1 Å². The lowest BCUT2D eigenvalue weighted by Gasteiger charge is -2.55. The molecule has 3 atom stereocenters. The first-order valence-corrected chi connectivity index (χ1v) is 19.1. The molecule has 12 heteroatoms. The van der Waals surface area contributed by atoms with Gasteiger partial charge in [-0.2, -0.15) is 0 Å². The molecule has 0 spiro atoms. The summed E-state index contributed by atoms with van der Waals surface area (Å²) in [6.45, 7) is 18.2. The number of amides is 2. The normalized spacial score (nSPS) is 21.8. The number of benzene rings is 2. The van der Waals surface area contributed by atoms with E-state index in [0.717, 1.165) is 10.5 Å². The second-order valence-electron chi connectivity index (χ2n) is 16.0. The van der Waals surface area contributed by atoms with Crippen molar-refractivity contribution >= 4 is 25.5 Å². The standard InChI is InChI=1S/C38H56FN2O8P/c1-11-47-50(46)25-24-40(26-27-18-12-13-19-28(27)29-20-14-15-21-30(29)39)31(35(2,3)4)38(50,32(42)43)22-16-17-23-41(33(44)48-36(5,6)7)34(45)49-37(8,9)10/h12-15,18-21,31H,11,16-17,22-26H2,1-10H3,(H,42,43). The largest absolute Gasteiger partial charge is 0.480 e. The Labute approximate surface area is 297 Å². The van der Waals surface area contributed by atoms with Crippen LogP contribution in [0.3, 0.4) is 0 Å². The monoisotopic (exact) mass is 718 g/mol. The summed E-state index contributed by atoms with van der Waals surface area (Å²) in [6.07, 6.45) is -1.36. The number of hydrogen-bond acceptors (Lipinski definition) is 8. The molecule has 0 bridgehead atoms. The zero-order valence-electron chi connectivity index (χ0n) is 31.4. The van der Waals surface area contributed by atoms with Crippen molar-refractivity contribution in [3.8, 4) is 11.1 Å². The minimum Gasteiger partial charge on any atom is -0.480 e. The lowest BCUT2D eigenvalue weighted by molar-refractivity contribution is -0.146. The maximum atomic E-state index is 15.0. The Bertz CT molecular complexity index is 1530. The van der Waals surface area contributed by atoms with Crippen LogP contribution >= 0.6 is 7.37 Å². The van der Waals surface area contributed by atoms with E-state index in [9.17, 15) is 24.1 Å². The smallest absolute Gasteiger partial charge is 0.419 e. The van der Waals surface area contributed by atoms with Gasteiger partial charge in [0.2, 0.25) is 7.37 Å². The van der Waals surface area contributed by atoms with Gasteiger partial charge in [0.25, 0.3) is 0 Å². The Morgan fingerprint density at radius 2 is 1.44 bits per heavy atom. The summed E-state index contributed by atoms with van der Waals surface area (Å²) in [5, 5.41) is 9.37. The van der Waals surface area contributed by atoms with Gasteiger partial charge in [-0.3, -0.25) is 14.3 Å². The van der Waals surface area contributed by atoms with E-state index in [1.165, 1.54) is 6.07 Å². The minimum atomic E-state index is -3.84. The second-order valence-corrected chi connectivity index (χ2v) is 18.8. The Balaban J connectivity index is 2.02. The van der Waals surface area contributed by atoms with Gasteiger partial charge < -0.3 is 19.1 Å². The van der Waals surface area contributed by atoms with Crippen molar-refractivity contribution in [2.75, 3.05) is 25.9 Å². The maximum absolute atomic E-state index is 15.0. The lowest BCUT2D eigenvalue weighted by Crippen LogP contribution is -2.66. The molecule has 278 valence electrons. The van der Waals surface area contributed by atoms with E-state index >= 15 is 4.39 Å². The topological polar surface area (TPSA) is 123 Å². The summed E-state index contributed by atoms with van der Waals surface area (Å²) in [5.74, 6) is -1.59. The van der Waals surface area contributed by atoms with Gasteiger partial charge in [0.05, 0.1) is 6.61 Å². The first kappa shape index (κ1) is 41.2. The Morgan fingerprint density at radius 1 is 0.900 bits per heavy atom. The third kappa shape index (κ3) is 9.74. The highest BCUT2D eigenvalue weighted by Crippen LogP contribution is 2.67. The molecule has 1 fully saturated rings. The molecule has 1 heterocycles. The molecular weight excluding hydrogens is 662 g/mol. The second kappa shape index (κ2) is 16.0. The van der Waals surface area contributed by atoms with Crippen LogP contribution in [0, 0.1) is 11.2 Å². The molecule has 1 aliphatic heterocycles. The average molecular weight is 719 g/mol. The van der Waals surface area contributed by atoms with E-state index in [1.54, 1.807) is 66.7 Å². The molecule has 1 aliphatic rings. The summed E-state index contributed by atoms with van der Waals surface area (Å²) >= 11 is 0. The fraction of sp³-hybridized carbons (Fsp3) is 0.605. The zero-order valence-corrected chi connectivity index (χ0v) is 32.3. The molecule has 3 rings (SSSR count). The highest BCUT2D eigenvalue weighted by molar-refractivity contribution is 7.62. The van der Waals surface area contributed by atoms with Crippen LogP contribution in [0.2, 0.25) is 0 Å². The fourth-order valence-corrected chi connectivity index (χ4v) is 10.4. The third-order valence-corrected chi connectivity index (χ3v) is 11.9. The Kier molecular flexibility index (Phi) is 13.1. The van der Waals surface area contributed by atoms with Crippen molar-refractivity contribution in [3.63, 3.8) is 0 Å². The summed E-state index contributed by atoms with van der Waals surface area (Å²) in [7, 11) is -3.84. The van der Waals surface area contributed by atoms with Crippen LogP contribution in [-0.4, -0.2) is 81.3 Å². The first-order chi connectivity index (χ1) is 23.1. The molecule has 0 aromatic heterocycles. The number of imide groups is 1. The predicted octanol–water partition coefficient (Wildman–Crippen LogP) is 9.20. The SMILES string of the molecule is CCOP1(=O)CCN(Cc2ccccc2-c2ccccc2F)C(C(C)(C)C)C1(CCCCN(C(=O)OC(C)(C)C)C(=O)OC(C)(C)C)C(=O)O. The zero-order chi connectivity index (χ0) is 37.7. The van der Waals surface area contributed by atoms with Crippen molar-refractivity contribution in [2.45, 2.75) is 117 Å². The number of nitrogens with zero attached hydrogens (tertiary/aromatic N) is 2. The lowest BCUT2D eigenvalue weighted by atomic mass is 9.74. The van der Waals surface area contributed by atoms with E-state index in [0.29, 0.717) is 24.2 Å². The van der Waals surface area contributed by atoms with Gasteiger partial charge in [-0.25, -0.2) is 18.9 Å². The van der Waals surface area contributed by atoms with Gasteiger partial charge in [0, 0.05) is 37.4 Å². The van der Waals surface area contributed by atoms with Crippen LogP contribution in [0.15, 0.2) is 48.5 Å². The highest BCUT2D eigenvalue weighted by Gasteiger charge is 2.66. The molecule has 10 nitrogen and oxygen atoms in total. The molecule has 0 radical (unpaired) electrons. The van der Waals surface area contributed by atoms with Gasteiger partial charge in [-0.1, -0.05) is 63.2 Å². The van der Waals surface area contributed by atoms with Crippen molar-refractivity contribution < 1.29 is 42.4 Å². The first-order valence-electron chi connectivity index (χ1n) is 17.3. The van der Waals surface area contributed by atoms with E-state index in [1.807, 2.05) is 45.0 Å². The fourth-order valence-electron chi connectivity index (χ4n) is 6.95. The Morgan fingerprint density at radius 3 is 1.94 bits per heavy atom. The Hall–Kier alpha value is -3.27. The van der Waals surface area contributed by atoms with Crippen molar-refractivity contribution in [1.29, 1.82) is 0 Å². The number of carbonyl (C=O) groups excluding carboxylic acids is 2. The van der Waals surface area contributed by atoms with Gasteiger partial charge in [0.1, 0.15) is 17.0 Å². The predicted molar refractivity (Wildman–Crippen MR) is 193 cm³/mol. The number of rotatable bonds is 11. The quantitative estimate of drug-likeness (QED) is 0.179. The van der Waals surface area contributed by atoms with Crippen LogP contribution in [0.4, 0.5) is 14.0 Å². The van der Waals surface area contributed by atoms with E-state index in [-0.39, 0.29) is 44.4 Å². The molecule has 0 aliphatic carbocycles. The van der Waals surface area contributed by atoms with Gasteiger partial charge >= 0.3 is 18.2 Å². The summed E-state index contributed by atoms with van der Waals surface area (Å²) < 4.78 is 46.9. The van der Waals surface area contributed by atoms with Gasteiger partial charge in [-0.15, -0.1) is 0 Å². The van der Waals surface area contributed by atoms with Crippen molar-refractivity contribution in [2.24, 2.45) is 5.41 Å². The molecule has 50 heavy (non-hydrogen) atoms. The number of carbonyl (C=O) groups is 3. The summed E-state index contributed by atoms with van der Waals surface area (Å²) in [4.78, 5) is 42.9. The molecule has 0 saturated carbocycles. The maximum Gasteiger partial charge on any atom is 0.419 e. The molecule has 2 aromatic carbocycles. The van der Waals surface area contributed by atoms with E-state index in [4.69, 9.17) is 14.0 Å². The highest BCUT2D eigenvalue weighted by atomic mass is 31.2. The number of hydrogen-bond donors (Lipinski definition) is 1. The summed E-state index contributed by atoms with van der Waals surface area (Å²) in [6, 6.07) is 13.2. The molecule has 3 unspecified atom stereocenters. The van der Waals surface area contributed by atoms with Crippen LogP contribution in [-0.2, 0) is 29.9 Å². The molecular formula is C38H56FN2O8P. The van der Waals surface area contributed by atoms with Crippen molar-refractivity contribution in [1.82, 2.24) is 9.80 Å². The van der Waals surface area contributed by atoms with Gasteiger partial charge in [0.15, 0.2) is 5.16 Å². The average Bonchev–Trinajstić information content (AvgIpc) is 2.96. The van der Waals surface area contributed by atoms with Crippen LogP contribution in [0.5, 0.6) is 0 Å². The van der Waals surface area contributed by atoms with Gasteiger partial charge in [-0.05, 0) is 90.3 Å². The van der Waals surface area contributed by atoms with Crippen molar-refractivity contribution in [3.05, 3.63) is 59.9 Å². The number of halogens is 1. The molecule has 2 aromatic rings. The van der Waals surface area contributed by atoms with E-state index in [2.05, 4.69) is 4.90 Å².